The van der Waals surface area contributed by atoms with Crippen LogP contribution in [0.25, 0.3) is 11.1 Å². The first kappa shape index (κ1) is 11.6. The third-order valence-corrected chi connectivity index (χ3v) is 3.44. The SMILES string of the molecule is FC(F)(F)c1ccc2oc(C3CCCC3)nc2c1. The Balaban J connectivity index is 2.01. The van der Waals surface area contributed by atoms with E-state index in [1.165, 1.54) is 6.07 Å². The Morgan fingerprint density at radius 3 is 2.56 bits per heavy atom. The summed E-state index contributed by atoms with van der Waals surface area (Å²) in [6.45, 7) is 0. The summed E-state index contributed by atoms with van der Waals surface area (Å²) in [5.74, 6) is 0.855. The highest BCUT2D eigenvalue weighted by Crippen LogP contribution is 2.36. The van der Waals surface area contributed by atoms with Crippen LogP contribution >= 0.6 is 0 Å². The van der Waals surface area contributed by atoms with E-state index in [9.17, 15) is 13.2 Å². The zero-order chi connectivity index (χ0) is 12.8. The molecule has 18 heavy (non-hydrogen) atoms. The maximum Gasteiger partial charge on any atom is 0.416 e. The first-order chi connectivity index (χ1) is 8.54. The Morgan fingerprint density at radius 2 is 1.89 bits per heavy atom. The van der Waals surface area contributed by atoms with Gasteiger partial charge < -0.3 is 4.42 Å². The number of rotatable bonds is 1. The molecule has 1 heterocycles. The van der Waals surface area contributed by atoms with Crippen molar-refractivity contribution in [3.05, 3.63) is 29.7 Å². The molecule has 3 rings (SSSR count). The van der Waals surface area contributed by atoms with Crippen molar-refractivity contribution in [3.8, 4) is 0 Å². The van der Waals surface area contributed by atoms with Gasteiger partial charge in [0.1, 0.15) is 5.52 Å². The summed E-state index contributed by atoms with van der Waals surface area (Å²) in [6.07, 6.45) is -0.0348. The van der Waals surface area contributed by atoms with Crippen LogP contribution in [0.3, 0.4) is 0 Å². The van der Waals surface area contributed by atoms with Gasteiger partial charge in [-0.1, -0.05) is 12.8 Å². The van der Waals surface area contributed by atoms with Crippen molar-refractivity contribution in [2.24, 2.45) is 0 Å². The molecule has 1 fully saturated rings. The lowest BCUT2D eigenvalue weighted by atomic mass is 10.1. The van der Waals surface area contributed by atoms with Crippen LogP contribution < -0.4 is 0 Å². The van der Waals surface area contributed by atoms with Gasteiger partial charge in [-0.3, -0.25) is 0 Å². The highest BCUT2D eigenvalue weighted by atomic mass is 19.4. The number of halogens is 3. The quantitative estimate of drug-likeness (QED) is 0.749. The predicted molar refractivity (Wildman–Crippen MR) is 60.2 cm³/mol. The van der Waals surface area contributed by atoms with E-state index in [-0.39, 0.29) is 5.92 Å². The topological polar surface area (TPSA) is 26.0 Å². The minimum atomic E-state index is -4.33. The van der Waals surface area contributed by atoms with Crippen LogP contribution in [0.4, 0.5) is 13.2 Å². The lowest BCUT2D eigenvalue weighted by Crippen LogP contribution is -2.04. The largest absolute Gasteiger partial charge is 0.440 e. The highest BCUT2D eigenvalue weighted by Gasteiger charge is 2.31. The lowest BCUT2D eigenvalue weighted by molar-refractivity contribution is -0.137. The van der Waals surface area contributed by atoms with Crippen molar-refractivity contribution in [3.63, 3.8) is 0 Å². The molecule has 0 amide bonds. The van der Waals surface area contributed by atoms with Crippen LogP contribution in [-0.2, 0) is 6.18 Å². The van der Waals surface area contributed by atoms with Crippen molar-refractivity contribution in [2.45, 2.75) is 37.8 Å². The van der Waals surface area contributed by atoms with Gasteiger partial charge in [-0.2, -0.15) is 13.2 Å². The lowest BCUT2D eigenvalue weighted by Gasteiger charge is -2.04. The van der Waals surface area contributed by atoms with Crippen molar-refractivity contribution >= 4 is 11.1 Å². The average molecular weight is 255 g/mol. The standard InChI is InChI=1S/C13H12F3NO/c14-13(15,16)9-5-6-11-10(7-9)17-12(18-11)8-3-1-2-4-8/h5-8H,1-4H2. The van der Waals surface area contributed by atoms with Crippen LogP contribution in [0, 0.1) is 0 Å². The second kappa shape index (κ2) is 4.00. The van der Waals surface area contributed by atoms with Gasteiger partial charge in [0.25, 0.3) is 0 Å². The molecule has 1 aliphatic rings. The van der Waals surface area contributed by atoms with Crippen LogP contribution in [0.1, 0.15) is 43.1 Å². The van der Waals surface area contributed by atoms with Crippen molar-refractivity contribution in [1.82, 2.24) is 4.98 Å². The number of hydrogen-bond donors (Lipinski definition) is 0. The maximum absolute atomic E-state index is 12.6. The predicted octanol–water partition coefficient (Wildman–Crippen LogP) is 4.50. The van der Waals surface area contributed by atoms with Crippen molar-refractivity contribution in [2.75, 3.05) is 0 Å². The van der Waals surface area contributed by atoms with Crippen LogP contribution in [0.15, 0.2) is 22.6 Å². The van der Waals surface area contributed by atoms with E-state index in [1.54, 1.807) is 0 Å². The van der Waals surface area contributed by atoms with Crippen molar-refractivity contribution < 1.29 is 17.6 Å². The fourth-order valence-corrected chi connectivity index (χ4v) is 2.47. The first-order valence-electron chi connectivity index (χ1n) is 6.02. The molecule has 0 bridgehead atoms. The second-order valence-corrected chi connectivity index (χ2v) is 4.71. The van der Waals surface area contributed by atoms with E-state index in [2.05, 4.69) is 4.98 Å². The van der Waals surface area contributed by atoms with E-state index >= 15 is 0 Å². The van der Waals surface area contributed by atoms with Crippen LogP contribution in [0.2, 0.25) is 0 Å². The van der Waals surface area contributed by atoms with E-state index in [0.717, 1.165) is 37.8 Å². The molecule has 2 aromatic rings. The fraction of sp³-hybridized carbons (Fsp3) is 0.462. The molecule has 96 valence electrons. The molecule has 0 radical (unpaired) electrons. The molecule has 0 unspecified atom stereocenters. The molecule has 1 aliphatic carbocycles. The van der Waals surface area contributed by atoms with Crippen LogP contribution in [0.5, 0.6) is 0 Å². The van der Waals surface area contributed by atoms with Crippen LogP contribution in [-0.4, -0.2) is 4.98 Å². The third kappa shape index (κ3) is 1.98. The smallest absolute Gasteiger partial charge is 0.416 e. The molecule has 2 nitrogen and oxygen atoms in total. The minimum Gasteiger partial charge on any atom is -0.440 e. The number of benzene rings is 1. The number of fused-ring (bicyclic) bond motifs is 1. The van der Waals surface area contributed by atoms with E-state index in [0.29, 0.717) is 17.0 Å². The van der Waals surface area contributed by atoms with E-state index < -0.39 is 11.7 Å². The number of hydrogen-bond acceptors (Lipinski definition) is 2. The molecule has 0 saturated heterocycles. The van der Waals surface area contributed by atoms with Gasteiger partial charge in [-0.05, 0) is 31.0 Å². The molecule has 1 saturated carbocycles. The van der Waals surface area contributed by atoms with Crippen molar-refractivity contribution in [1.29, 1.82) is 0 Å². The summed E-state index contributed by atoms with van der Waals surface area (Å²) in [4.78, 5) is 4.20. The molecule has 0 aliphatic heterocycles. The summed E-state index contributed by atoms with van der Waals surface area (Å²) in [5.41, 5.74) is 0.0536. The molecule has 0 spiro atoms. The van der Waals surface area contributed by atoms with Gasteiger partial charge in [0.15, 0.2) is 11.5 Å². The summed E-state index contributed by atoms with van der Waals surface area (Å²) < 4.78 is 43.2. The Kier molecular flexibility index (Phi) is 2.57. The zero-order valence-corrected chi connectivity index (χ0v) is 9.63. The summed E-state index contributed by atoms with van der Waals surface area (Å²) >= 11 is 0. The van der Waals surface area contributed by atoms with Gasteiger partial charge >= 0.3 is 6.18 Å². The van der Waals surface area contributed by atoms with E-state index in [4.69, 9.17) is 4.42 Å². The summed E-state index contributed by atoms with van der Waals surface area (Å²) in [6, 6.07) is 3.44. The fourth-order valence-electron chi connectivity index (χ4n) is 2.47. The maximum atomic E-state index is 12.6. The van der Waals surface area contributed by atoms with Gasteiger partial charge in [-0.15, -0.1) is 0 Å². The normalized spacial score (nSPS) is 17.7. The molecule has 1 aromatic carbocycles. The van der Waals surface area contributed by atoms with Gasteiger partial charge in [0.05, 0.1) is 5.56 Å². The number of aromatic nitrogens is 1. The molecule has 5 heteroatoms. The Labute approximate surface area is 102 Å². The zero-order valence-electron chi connectivity index (χ0n) is 9.63. The minimum absolute atomic E-state index is 0.270. The molecular formula is C13H12F3NO. The number of nitrogens with zero attached hydrogens (tertiary/aromatic N) is 1. The van der Waals surface area contributed by atoms with E-state index in [1.807, 2.05) is 0 Å². The summed E-state index contributed by atoms with van der Waals surface area (Å²) in [7, 11) is 0. The Morgan fingerprint density at radius 1 is 1.17 bits per heavy atom. The molecule has 1 aromatic heterocycles. The van der Waals surface area contributed by atoms with Gasteiger partial charge in [0, 0.05) is 5.92 Å². The second-order valence-electron chi connectivity index (χ2n) is 4.71. The van der Waals surface area contributed by atoms with Gasteiger partial charge in [-0.25, -0.2) is 4.98 Å². The third-order valence-electron chi connectivity index (χ3n) is 3.44. The number of alkyl halides is 3. The summed E-state index contributed by atoms with van der Waals surface area (Å²) in [5, 5.41) is 0. The Bertz CT molecular complexity index is 567. The monoisotopic (exact) mass is 255 g/mol. The first-order valence-corrected chi connectivity index (χ1v) is 6.02. The van der Waals surface area contributed by atoms with Gasteiger partial charge in [0.2, 0.25) is 0 Å². The number of oxazole rings is 1. The molecular weight excluding hydrogens is 243 g/mol. The molecule has 0 atom stereocenters. The average Bonchev–Trinajstić information content (AvgIpc) is 2.95. The highest BCUT2D eigenvalue weighted by molar-refractivity contribution is 5.73. The Hall–Kier alpha value is -1.52. The molecule has 0 N–H and O–H groups in total.